The topological polar surface area (TPSA) is 102 Å². The Bertz CT molecular complexity index is 644. The highest BCUT2D eigenvalue weighted by atomic mass is 35.5. The lowest BCUT2D eigenvalue weighted by Crippen LogP contribution is -2.37. The van der Waals surface area contributed by atoms with Gasteiger partial charge in [-0.2, -0.15) is 0 Å². The molecule has 7 nitrogen and oxygen atoms in total. The molecular formula is C19H26ClNO6. The van der Waals surface area contributed by atoms with E-state index in [1.807, 2.05) is 0 Å². The first-order chi connectivity index (χ1) is 12.6. The molecule has 0 spiro atoms. The predicted molar refractivity (Wildman–Crippen MR) is 100 cm³/mol. The second-order valence-corrected chi connectivity index (χ2v) is 7.23. The van der Waals surface area contributed by atoms with E-state index >= 15 is 0 Å². The number of alkyl carbamates (subject to hydrolysis) is 1. The summed E-state index contributed by atoms with van der Waals surface area (Å²) in [5, 5.41) is 12.1. The number of ether oxygens (including phenoxy) is 2. The molecule has 1 rings (SSSR count). The molecule has 2 N–H and O–H groups in total. The number of halogens is 1. The van der Waals surface area contributed by atoms with E-state index in [1.165, 1.54) is 0 Å². The molecule has 1 aromatic rings. The number of esters is 1. The molecule has 0 radical (unpaired) electrons. The van der Waals surface area contributed by atoms with Crippen LogP contribution in [0.3, 0.4) is 0 Å². The van der Waals surface area contributed by atoms with E-state index in [0.29, 0.717) is 10.6 Å². The van der Waals surface area contributed by atoms with Crippen LogP contribution in [0.4, 0.5) is 4.79 Å². The number of carbonyl (C=O) groups is 3. The maximum atomic E-state index is 12.3. The number of nitrogens with one attached hydrogen (secondary N) is 1. The third-order valence-corrected chi connectivity index (χ3v) is 3.93. The summed E-state index contributed by atoms with van der Waals surface area (Å²) in [7, 11) is 0. The number of hydrogen-bond donors (Lipinski definition) is 2. The third kappa shape index (κ3) is 8.30. The number of amides is 1. The summed E-state index contributed by atoms with van der Waals surface area (Å²) < 4.78 is 10.5. The lowest BCUT2D eigenvalue weighted by molar-refractivity contribution is -0.178. The summed E-state index contributed by atoms with van der Waals surface area (Å²) in [4.78, 5) is 35.0. The number of carbonyl (C=O) groups excluding carboxylic acids is 2. The number of carboxylic acid groups (broad SMARTS) is 1. The fourth-order valence-electron chi connectivity index (χ4n) is 2.11. The molecule has 8 heteroatoms. The van der Waals surface area contributed by atoms with E-state index in [0.717, 1.165) is 0 Å². The van der Waals surface area contributed by atoms with Crippen LogP contribution in [0.25, 0.3) is 0 Å². The molecular weight excluding hydrogens is 374 g/mol. The predicted octanol–water partition coefficient (Wildman–Crippen LogP) is 4.15. The van der Waals surface area contributed by atoms with Gasteiger partial charge in [-0.05, 0) is 24.1 Å². The van der Waals surface area contributed by atoms with Crippen molar-refractivity contribution in [3.8, 4) is 0 Å². The fraction of sp³-hybridized carbons (Fsp3) is 0.526. The standard InChI is InChI=1S/C19H26ClNO6/c1-11(2)17(24)26-18(12(3)4)27-19(25)21-15(9-10-16(22)23)13-5-7-14(20)8-6-13/h5-8,11-12,15,18H,9-10H2,1-4H3,(H,21,25)(H,22,23). The molecule has 0 aromatic heterocycles. The zero-order valence-corrected chi connectivity index (χ0v) is 16.7. The van der Waals surface area contributed by atoms with Gasteiger partial charge < -0.3 is 19.9 Å². The Labute approximate surface area is 164 Å². The molecule has 1 aromatic carbocycles. The quantitative estimate of drug-likeness (QED) is 0.477. The molecule has 0 saturated carbocycles. The van der Waals surface area contributed by atoms with Gasteiger partial charge in [0.15, 0.2) is 0 Å². The first-order valence-corrected chi connectivity index (χ1v) is 9.12. The second-order valence-electron chi connectivity index (χ2n) is 6.79. The summed E-state index contributed by atoms with van der Waals surface area (Å²) in [6, 6.07) is 6.12. The Hall–Kier alpha value is -2.28. The van der Waals surface area contributed by atoms with E-state index in [9.17, 15) is 14.4 Å². The van der Waals surface area contributed by atoms with Gasteiger partial charge in [0.05, 0.1) is 12.0 Å². The fourth-order valence-corrected chi connectivity index (χ4v) is 2.24. The van der Waals surface area contributed by atoms with Crippen LogP contribution in [0.1, 0.15) is 52.1 Å². The van der Waals surface area contributed by atoms with Crippen LogP contribution in [0, 0.1) is 11.8 Å². The zero-order valence-electron chi connectivity index (χ0n) is 15.9. The minimum Gasteiger partial charge on any atom is -0.481 e. The number of rotatable bonds is 9. The number of hydrogen-bond acceptors (Lipinski definition) is 5. The van der Waals surface area contributed by atoms with Crippen molar-refractivity contribution >= 4 is 29.6 Å². The molecule has 0 aliphatic carbocycles. The average Bonchev–Trinajstić information content (AvgIpc) is 2.58. The maximum absolute atomic E-state index is 12.3. The Morgan fingerprint density at radius 2 is 1.67 bits per heavy atom. The highest BCUT2D eigenvalue weighted by Crippen LogP contribution is 2.21. The van der Waals surface area contributed by atoms with Gasteiger partial charge in [-0.15, -0.1) is 0 Å². The molecule has 0 heterocycles. The van der Waals surface area contributed by atoms with Crippen LogP contribution in [0.2, 0.25) is 5.02 Å². The van der Waals surface area contributed by atoms with Gasteiger partial charge in [0.25, 0.3) is 6.29 Å². The highest BCUT2D eigenvalue weighted by Gasteiger charge is 2.25. The van der Waals surface area contributed by atoms with Crippen molar-refractivity contribution in [1.82, 2.24) is 5.32 Å². The minimum atomic E-state index is -1.04. The largest absolute Gasteiger partial charge is 0.481 e. The van der Waals surface area contributed by atoms with Crippen molar-refractivity contribution in [2.24, 2.45) is 11.8 Å². The van der Waals surface area contributed by atoms with Crippen molar-refractivity contribution in [2.75, 3.05) is 0 Å². The molecule has 27 heavy (non-hydrogen) atoms. The van der Waals surface area contributed by atoms with Crippen LogP contribution < -0.4 is 5.32 Å². The third-order valence-electron chi connectivity index (χ3n) is 3.68. The van der Waals surface area contributed by atoms with Crippen LogP contribution >= 0.6 is 11.6 Å². The zero-order chi connectivity index (χ0) is 20.6. The number of carboxylic acids is 1. The van der Waals surface area contributed by atoms with Gasteiger partial charge in [-0.3, -0.25) is 9.59 Å². The van der Waals surface area contributed by atoms with Gasteiger partial charge in [-0.25, -0.2) is 4.79 Å². The number of aliphatic carboxylic acids is 1. The molecule has 2 atom stereocenters. The Morgan fingerprint density at radius 1 is 1.07 bits per heavy atom. The average molecular weight is 400 g/mol. The lowest BCUT2D eigenvalue weighted by Gasteiger charge is -2.24. The van der Waals surface area contributed by atoms with E-state index in [1.54, 1.807) is 52.0 Å². The van der Waals surface area contributed by atoms with E-state index in [-0.39, 0.29) is 24.7 Å². The second kappa shape index (κ2) is 10.8. The molecule has 0 aliphatic heterocycles. The van der Waals surface area contributed by atoms with Crippen LogP contribution in [0.5, 0.6) is 0 Å². The van der Waals surface area contributed by atoms with Crippen molar-refractivity contribution in [3.05, 3.63) is 34.9 Å². The monoisotopic (exact) mass is 399 g/mol. The van der Waals surface area contributed by atoms with E-state index in [4.69, 9.17) is 26.2 Å². The van der Waals surface area contributed by atoms with Crippen LogP contribution in [0.15, 0.2) is 24.3 Å². The van der Waals surface area contributed by atoms with Gasteiger partial charge in [-0.1, -0.05) is 51.4 Å². The SMILES string of the molecule is CC(C)C(=O)OC(OC(=O)NC(CCC(=O)O)c1ccc(Cl)cc1)C(C)C. The van der Waals surface area contributed by atoms with Crippen molar-refractivity contribution in [3.63, 3.8) is 0 Å². The van der Waals surface area contributed by atoms with E-state index < -0.39 is 30.4 Å². The molecule has 1 amide bonds. The van der Waals surface area contributed by atoms with E-state index in [2.05, 4.69) is 5.32 Å². The van der Waals surface area contributed by atoms with Gasteiger partial charge in [0, 0.05) is 17.4 Å². The van der Waals surface area contributed by atoms with Gasteiger partial charge >= 0.3 is 18.0 Å². The van der Waals surface area contributed by atoms with Gasteiger partial charge in [0.1, 0.15) is 0 Å². The first-order valence-electron chi connectivity index (χ1n) is 8.75. The van der Waals surface area contributed by atoms with Crippen molar-refractivity contribution in [2.45, 2.75) is 52.9 Å². The molecule has 0 fully saturated rings. The summed E-state index contributed by atoms with van der Waals surface area (Å²) in [5.41, 5.74) is 0.692. The molecule has 0 saturated heterocycles. The summed E-state index contributed by atoms with van der Waals surface area (Å²) in [6.45, 7) is 6.88. The summed E-state index contributed by atoms with van der Waals surface area (Å²) in [5.74, 6) is -2.04. The molecule has 0 aliphatic rings. The van der Waals surface area contributed by atoms with Crippen molar-refractivity contribution < 1.29 is 29.0 Å². The van der Waals surface area contributed by atoms with Gasteiger partial charge in [0.2, 0.25) is 0 Å². The van der Waals surface area contributed by atoms with Crippen LogP contribution in [-0.2, 0) is 19.1 Å². The minimum absolute atomic E-state index is 0.135. The normalized spacial score (nSPS) is 13.1. The number of benzene rings is 1. The molecule has 2 unspecified atom stereocenters. The van der Waals surface area contributed by atoms with Crippen LogP contribution in [-0.4, -0.2) is 29.4 Å². The summed E-state index contributed by atoms with van der Waals surface area (Å²) in [6.07, 6.45) is -1.80. The highest BCUT2D eigenvalue weighted by molar-refractivity contribution is 6.30. The molecule has 150 valence electrons. The summed E-state index contributed by atoms with van der Waals surface area (Å²) >= 11 is 5.87. The lowest BCUT2D eigenvalue weighted by atomic mass is 10.0. The Kier molecular flexibility index (Phi) is 9.08. The Balaban J connectivity index is 2.82. The smallest absolute Gasteiger partial charge is 0.410 e. The maximum Gasteiger partial charge on any atom is 0.410 e. The van der Waals surface area contributed by atoms with Crippen molar-refractivity contribution in [1.29, 1.82) is 0 Å². The molecule has 0 bridgehead atoms. The first kappa shape index (κ1) is 22.8. The Morgan fingerprint density at radius 3 is 2.15 bits per heavy atom.